The molecular formula is C14H16FNO4S. The minimum Gasteiger partial charge on any atom is -0.462 e. The number of hydrogen-bond donors (Lipinski definition) is 2. The van der Waals surface area contributed by atoms with Crippen molar-refractivity contribution in [2.75, 3.05) is 6.54 Å². The normalized spacial score (nSPS) is 11.8. The Labute approximate surface area is 122 Å². The fourth-order valence-corrected chi connectivity index (χ4v) is 3.20. The molecule has 5 nitrogen and oxygen atoms in total. The molecule has 0 aliphatic heterocycles. The first kappa shape index (κ1) is 15.7. The second-order valence-corrected chi connectivity index (χ2v) is 6.27. The number of aliphatic hydroxyl groups excluding tert-OH is 1. The summed E-state index contributed by atoms with van der Waals surface area (Å²) in [6, 6.07) is 7.49. The van der Waals surface area contributed by atoms with Crippen molar-refractivity contribution in [2.24, 2.45) is 0 Å². The number of aryl methyl sites for hydroxylation is 1. The molecule has 2 aromatic rings. The van der Waals surface area contributed by atoms with Gasteiger partial charge < -0.3 is 9.52 Å². The molecule has 1 aromatic carbocycles. The molecule has 0 unspecified atom stereocenters. The van der Waals surface area contributed by atoms with Gasteiger partial charge in [0.15, 0.2) is 0 Å². The molecule has 0 spiro atoms. The number of hydrogen-bond acceptors (Lipinski definition) is 4. The van der Waals surface area contributed by atoms with E-state index in [9.17, 15) is 12.8 Å². The molecule has 0 fully saturated rings. The highest BCUT2D eigenvalue weighted by Crippen LogP contribution is 2.19. The first-order valence-corrected chi connectivity index (χ1v) is 7.85. The predicted molar refractivity (Wildman–Crippen MR) is 74.7 cm³/mol. The lowest BCUT2D eigenvalue weighted by Crippen LogP contribution is -2.26. The first-order valence-electron chi connectivity index (χ1n) is 6.37. The van der Waals surface area contributed by atoms with E-state index < -0.39 is 10.0 Å². The van der Waals surface area contributed by atoms with E-state index >= 15 is 0 Å². The van der Waals surface area contributed by atoms with E-state index in [4.69, 9.17) is 9.52 Å². The molecule has 1 heterocycles. The summed E-state index contributed by atoms with van der Waals surface area (Å²) in [5.74, 6) is 0.0261. The predicted octanol–water partition coefficient (Wildman–Crippen LogP) is 1.74. The van der Waals surface area contributed by atoms with Crippen LogP contribution in [0.2, 0.25) is 0 Å². The molecule has 0 amide bonds. The van der Waals surface area contributed by atoms with Crippen molar-refractivity contribution < 1.29 is 22.3 Å². The van der Waals surface area contributed by atoms with Crippen LogP contribution in [-0.4, -0.2) is 20.1 Å². The Morgan fingerprint density at radius 3 is 2.67 bits per heavy atom. The van der Waals surface area contributed by atoms with Crippen molar-refractivity contribution in [3.05, 3.63) is 53.2 Å². The lowest BCUT2D eigenvalue weighted by Gasteiger charge is -2.06. The summed E-state index contributed by atoms with van der Waals surface area (Å²) in [5, 5.41) is 8.95. The molecule has 21 heavy (non-hydrogen) atoms. The molecule has 114 valence electrons. The average molecular weight is 313 g/mol. The monoisotopic (exact) mass is 313 g/mol. The highest BCUT2D eigenvalue weighted by molar-refractivity contribution is 7.89. The number of benzene rings is 1. The lowest BCUT2D eigenvalue weighted by molar-refractivity contribution is 0.244. The van der Waals surface area contributed by atoms with Crippen molar-refractivity contribution in [1.29, 1.82) is 0 Å². The standard InChI is InChI=1S/C14H16FNO4S/c1-10-14(8-12(9-17)20-10)21(18,19)16-7-6-11-4-2-3-5-13(11)15/h2-5,8,16-17H,6-7,9H2,1H3. The van der Waals surface area contributed by atoms with E-state index in [0.29, 0.717) is 5.56 Å². The Morgan fingerprint density at radius 1 is 1.33 bits per heavy atom. The zero-order chi connectivity index (χ0) is 15.5. The number of rotatable bonds is 6. The fourth-order valence-electron chi connectivity index (χ4n) is 1.97. The zero-order valence-electron chi connectivity index (χ0n) is 11.5. The van der Waals surface area contributed by atoms with Crippen LogP contribution in [0.25, 0.3) is 0 Å². The summed E-state index contributed by atoms with van der Waals surface area (Å²) >= 11 is 0. The maximum Gasteiger partial charge on any atom is 0.244 e. The topological polar surface area (TPSA) is 79.5 Å². The summed E-state index contributed by atoms with van der Waals surface area (Å²) in [6.45, 7) is 1.21. The van der Waals surface area contributed by atoms with Gasteiger partial charge in [0.1, 0.15) is 28.8 Å². The van der Waals surface area contributed by atoms with E-state index in [-0.39, 0.29) is 41.8 Å². The quantitative estimate of drug-likeness (QED) is 0.851. The number of halogens is 1. The van der Waals surface area contributed by atoms with Crippen LogP contribution in [0.3, 0.4) is 0 Å². The maximum absolute atomic E-state index is 13.4. The van der Waals surface area contributed by atoms with Gasteiger partial charge in [0, 0.05) is 12.6 Å². The van der Waals surface area contributed by atoms with Gasteiger partial charge in [-0.15, -0.1) is 0 Å². The van der Waals surface area contributed by atoms with Gasteiger partial charge in [-0.2, -0.15) is 0 Å². The van der Waals surface area contributed by atoms with Crippen molar-refractivity contribution in [2.45, 2.75) is 24.8 Å². The second-order valence-electron chi connectivity index (χ2n) is 4.53. The molecule has 0 bridgehead atoms. The maximum atomic E-state index is 13.4. The lowest BCUT2D eigenvalue weighted by atomic mass is 10.1. The van der Waals surface area contributed by atoms with Gasteiger partial charge in [-0.05, 0) is 25.0 Å². The van der Waals surface area contributed by atoms with Gasteiger partial charge in [0.25, 0.3) is 0 Å². The molecule has 7 heteroatoms. The summed E-state index contributed by atoms with van der Waals surface area (Å²) in [5.41, 5.74) is 0.445. The van der Waals surface area contributed by atoms with E-state index in [1.54, 1.807) is 18.2 Å². The Bertz CT molecular complexity index is 724. The van der Waals surface area contributed by atoms with Crippen molar-refractivity contribution in [1.82, 2.24) is 4.72 Å². The van der Waals surface area contributed by atoms with Crippen LogP contribution in [0.5, 0.6) is 0 Å². The minimum absolute atomic E-state index is 0.0138. The van der Waals surface area contributed by atoms with Crippen molar-refractivity contribution in [3.8, 4) is 0 Å². The smallest absolute Gasteiger partial charge is 0.244 e. The summed E-state index contributed by atoms with van der Waals surface area (Å²) in [6.07, 6.45) is 0.246. The summed E-state index contributed by atoms with van der Waals surface area (Å²) < 4.78 is 45.1. The number of aliphatic hydroxyl groups is 1. The van der Waals surface area contributed by atoms with E-state index in [1.165, 1.54) is 19.1 Å². The third-order valence-electron chi connectivity index (χ3n) is 3.01. The molecular weight excluding hydrogens is 297 g/mol. The highest BCUT2D eigenvalue weighted by atomic mass is 32.2. The average Bonchev–Trinajstić information content (AvgIpc) is 2.83. The highest BCUT2D eigenvalue weighted by Gasteiger charge is 2.20. The Morgan fingerprint density at radius 2 is 2.05 bits per heavy atom. The first-order chi connectivity index (χ1) is 9.94. The van der Waals surface area contributed by atoms with Crippen LogP contribution in [0, 0.1) is 12.7 Å². The van der Waals surface area contributed by atoms with Crippen LogP contribution in [-0.2, 0) is 23.1 Å². The third-order valence-corrected chi connectivity index (χ3v) is 4.58. The van der Waals surface area contributed by atoms with E-state index in [1.807, 2.05) is 0 Å². The largest absolute Gasteiger partial charge is 0.462 e. The number of nitrogens with one attached hydrogen (secondary N) is 1. The van der Waals surface area contributed by atoms with Crippen molar-refractivity contribution >= 4 is 10.0 Å². The molecule has 0 atom stereocenters. The fraction of sp³-hybridized carbons (Fsp3) is 0.286. The zero-order valence-corrected chi connectivity index (χ0v) is 12.3. The Hall–Kier alpha value is -1.70. The Balaban J connectivity index is 2.05. The second kappa shape index (κ2) is 6.38. The molecule has 2 N–H and O–H groups in total. The van der Waals surface area contributed by atoms with Gasteiger partial charge in [0.2, 0.25) is 10.0 Å². The summed E-state index contributed by atoms with van der Waals surface area (Å²) in [4.78, 5) is -0.0138. The number of furan rings is 1. The molecule has 0 radical (unpaired) electrons. The summed E-state index contributed by atoms with van der Waals surface area (Å²) in [7, 11) is -3.74. The molecule has 1 aromatic heterocycles. The van der Waals surface area contributed by atoms with E-state index in [2.05, 4.69) is 4.72 Å². The van der Waals surface area contributed by atoms with Gasteiger partial charge >= 0.3 is 0 Å². The van der Waals surface area contributed by atoms with Gasteiger partial charge in [-0.3, -0.25) is 0 Å². The molecule has 0 saturated carbocycles. The molecule has 0 aliphatic carbocycles. The van der Waals surface area contributed by atoms with Crippen molar-refractivity contribution in [3.63, 3.8) is 0 Å². The minimum atomic E-state index is -3.74. The molecule has 0 aliphatic rings. The Kier molecular flexibility index (Phi) is 4.76. The molecule has 0 saturated heterocycles. The third kappa shape index (κ3) is 3.69. The van der Waals surface area contributed by atoms with Crippen LogP contribution < -0.4 is 4.72 Å². The number of sulfonamides is 1. The van der Waals surface area contributed by atoms with Gasteiger partial charge in [-0.1, -0.05) is 18.2 Å². The molecule has 2 rings (SSSR count). The van der Waals surface area contributed by atoms with Gasteiger partial charge in [-0.25, -0.2) is 17.5 Å². The van der Waals surface area contributed by atoms with Crippen LogP contribution in [0.1, 0.15) is 17.1 Å². The van der Waals surface area contributed by atoms with E-state index in [0.717, 1.165) is 0 Å². The SMILES string of the molecule is Cc1oc(CO)cc1S(=O)(=O)NCCc1ccccc1F. The van der Waals surface area contributed by atoms with Gasteiger partial charge in [0.05, 0.1) is 0 Å². The van der Waals surface area contributed by atoms with Crippen LogP contribution in [0.4, 0.5) is 4.39 Å². The van der Waals surface area contributed by atoms with Crippen LogP contribution >= 0.6 is 0 Å². The van der Waals surface area contributed by atoms with Crippen LogP contribution in [0.15, 0.2) is 39.6 Å².